The van der Waals surface area contributed by atoms with Gasteiger partial charge in [0, 0.05) is 0 Å². The van der Waals surface area contributed by atoms with Crippen LogP contribution in [0.15, 0.2) is 140 Å². The summed E-state index contributed by atoms with van der Waals surface area (Å²) in [6, 6.07) is 50.4. The van der Waals surface area contributed by atoms with Crippen LogP contribution in [0.3, 0.4) is 0 Å². The Bertz CT molecular complexity index is 2140. The molecule has 1 N–H and O–H groups in total. The number of aliphatic hydroxyl groups excluding tert-OH is 1. The van der Waals surface area contributed by atoms with E-state index in [1.165, 1.54) is 71.6 Å². The van der Waals surface area contributed by atoms with Crippen LogP contribution in [0, 0.1) is 0 Å². The summed E-state index contributed by atoms with van der Waals surface area (Å²) in [5.74, 6) is 0.763. The Balaban J connectivity index is 1.30. The number of rotatable bonds is 6. The predicted molar refractivity (Wildman–Crippen MR) is 179 cm³/mol. The Morgan fingerprint density at radius 2 is 1.05 bits per heavy atom. The lowest BCUT2D eigenvalue weighted by atomic mass is 9.87. The van der Waals surface area contributed by atoms with Gasteiger partial charge in [-0.15, -0.1) is 0 Å². The standard InChI is InChI=1S/C41H30O2/c42-22-23-43-34-18-16-29(17-19-34)36-20-21-38-37-11-5-10-35(32-14-12-27-6-1-3-8-30(27)24-32)39(37)26-40(38)41(36)33-15-13-28-7-2-4-9-31(28)25-33/h1-21,24-25,42H,22-23,26H2. The van der Waals surface area contributed by atoms with Crippen LogP contribution in [0.4, 0.5) is 0 Å². The normalized spacial score (nSPS) is 11.9. The molecule has 0 saturated heterocycles. The summed E-state index contributed by atoms with van der Waals surface area (Å²) < 4.78 is 5.66. The van der Waals surface area contributed by atoms with Gasteiger partial charge in [0.1, 0.15) is 12.4 Å². The highest BCUT2D eigenvalue weighted by Crippen LogP contribution is 2.49. The number of aliphatic hydroxyl groups is 1. The van der Waals surface area contributed by atoms with Crippen molar-refractivity contribution in [2.75, 3.05) is 13.2 Å². The Kier molecular flexibility index (Phi) is 6.28. The summed E-state index contributed by atoms with van der Waals surface area (Å²) >= 11 is 0. The molecule has 2 heteroatoms. The second-order valence-corrected chi connectivity index (χ2v) is 11.2. The molecule has 0 atom stereocenters. The lowest BCUT2D eigenvalue weighted by Gasteiger charge is -2.17. The molecule has 0 aromatic heterocycles. The molecule has 0 amide bonds. The van der Waals surface area contributed by atoms with Crippen molar-refractivity contribution in [3.8, 4) is 50.3 Å². The van der Waals surface area contributed by atoms with Crippen molar-refractivity contribution in [3.63, 3.8) is 0 Å². The summed E-state index contributed by atoms with van der Waals surface area (Å²) in [7, 11) is 0. The zero-order valence-electron chi connectivity index (χ0n) is 23.8. The molecule has 1 aliphatic rings. The van der Waals surface area contributed by atoms with Gasteiger partial charge in [-0.2, -0.15) is 0 Å². The first kappa shape index (κ1) is 25.5. The van der Waals surface area contributed by atoms with E-state index in [2.05, 4.69) is 127 Å². The zero-order valence-corrected chi connectivity index (χ0v) is 23.8. The van der Waals surface area contributed by atoms with Crippen LogP contribution in [0.25, 0.3) is 66.1 Å². The van der Waals surface area contributed by atoms with E-state index in [-0.39, 0.29) is 6.61 Å². The van der Waals surface area contributed by atoms with Gasteiger partial charge in [0.05, 0.1) is 6.61 Å². The summed E-state index contributed by atoms with van der Waals surface area (Å²) in [6.07, 6.45) is 0.876. The molecule has 2 nitrogen and oxygen atoms in total. The van der Waals surface area contributed by atoms with E-state index in [1.807, 2.05) is 12.1 Å². The van der Waals surface area contributed by atoms with Gasteiger partial charge in [-0.05, 0) is 108 Å². The van der Waals surface area contributed by atoms with Gasteiger partial charge in [0.25, 0.3) is 0 Å². The molecule has 0 fully saturated rings. The van der Waals surface area contributed by atoms with E-state index in [9.17, 15) is 5.11 Å². The number of ether oxygens (including phenoxy) is 1. The second kappa shape index (κ2) is 10.6. The molecule has 0 unspecified atom stereocenters. The minimum absolute atomic E-state index is 0.000435. The number of hydrogen-bond acceptors (Lipinski definition) is 2. The summed E-state index contributed by atoms with van der Waals surface area (Å²) in [4.78, 5) is 0. The molecule has 0 spiro atoms. The third-order valence-electron chi connectivity index (χ3n) is 8.76. The Morgan fingerprint density at radius 3 is 1.77 bits per heavy atom. The van der Waals surface area contributed by atoms with Gasteiger partial charge in [0.15, 0.2) is 0 Å². The molecule has 0 saturated carbocycles. The highest BCUT2D eigenvalue weighted by Gasteiger charge is 2.27. The molecule has 43 heavy (non-hydrogen) atoms. The van der Waals surface area contributed by atoms with Gasteiger partial charge < -0.3 is 9.84 Å². The quantitative estimate of drug-likeness (QED) is 0.222. The van der Waals surface area contributed by atoms with Crippen LogP contribution in [-0.2, 0) is 6.42 Å². The smallest absolute Gasteiger partial charge is 0.119 e. The summed E-state index contributed by atoms with van der Waals surface area (Å²) in [5.41, 5.74) is 12.8. The molecule has 0 bridgehead atoms. The van der Waals surface area contributed by atoms with Crippen molar-refractivity contribution in [1.29, 1.82) is 0 Å². The fourth-order valence-corrected chi connectivity index (χ4v) is 6.73. The molecule has 1 aliphatic carbocycles. The van der Waals surface area contributed by atoms with Crippen LogP contribution in [-0.4, -0.2) is 18.3 Å². The predicted octanol–water partition coefficient (Wildman–Crippen LogP) is 9.94. The molecular weight excluding hydrogens is 524 g/mol. The molecule has 7 aromatic rings. The molecule has 206 valence electrons. The first-order valence-corrected chi connectivity index (χ1v) is 14.9. The van der Waals surface area contributed by atoms with Crippen molar-refractivity contribution in [2.45, 2.75) is 6.42 Å². The van der Waals surface area contributed by atoms with E-state index < -0.39 is 0 Å². The molecular formula is C41H30O2. The molecule has 7 aromatic carbocycles. The lowest BCUT2D eigenvalue weighted by Crippen LogP contribution is -2.01. The van der Waals surface area contributed by atoms with Crippen LogP contribution >= 0.6 is 0 Å². The highest BCUT2D eigenvalue weighted by atomic mass is 16.5. The Hall–Kier alpha value is -5.18. The van der Waals surface area contributed by atoms with Gasteiger partial charge in [-0.3, -0.25) is 0 Å². The minimum Gasteiger partial charge on any atom is -0.491 e. The second-order valence-electron chi connectivity index (χ2n) is 11.2. The first-order valence-electron chi connectivity index (χ1n) is 14.9. The number of benzene rings is 7. The summed E-state index contributed by atoms with van der Waals surface area (Å²) in [6.45, 7) is 0.290. The van der Waals surface area contributed by atoms with Gasteiger partial charge >= 0.3 is 0 Å². The van der Waals surface area contributed by atoms with Crippen LogP contribution in [0.2, 0.25) is 0 Å². The number of fused-ring (bicyclic) bond motifs is 5. The van der Waals surface area contributed by atoms with Crippen molar-refractivity contribution < 1.29 is 9.84 Å². The van der Waals surface area contributed by atoms with Crippen molar-refractivity contribution in [1.82, 2.24) is 0 Å². The lowest BCUT2D eigenvalue weighted by molar-refractivity contribution is 0.201. The Labute approximate surface area is 251 Å². The topological polar surface area (TPSA) is 29.5 Å². The first-order chi connectivity index (χ1) is 21.3. The van der Waals surface area contributed by atoms with Crippen molar-refractivity contribution >= 4 is 21.5 Å². The maximum Gasteiger partial charge on any atom is 0.119 e. The van der Waals surface area contributed by atoms with Gasteiger partial charge in [-0.1, -0.05) is 115 Å². The largest absolute Gasteiger partial charge is 0.491 e. The van der Waals surface area contributed by atoms with Gasteiger partial charge in [-0.25, -0.2) is 0 Å². The summed E-state index contributed by atoms with van der Waals surface area (Å²) in [5, 5.41) is 14.2. The van der Waals surface area contributed by atoms with Crippen LogP contribution < -0.4 is 4.74 Å². The fraction of sp³-hybridized carbons (Fsp3) is 0.0732. The Morgan fingerprint density at radius 1 is 0.465 bits per heavy atom. The minimum atomic E-state index is 0.000435. The van der Waals surface area contributed by atoms with E-state index in [4.69, 9.17) is 4.74 Å². The third kappa shape index (κ3) is 4.48. The average molecular weight is 555 g/mol. The van der Waals surface area contributed by atoms with E-state index in [0.29, 0.717) is 6.61 Å². The third-order valence-corrected chi connectivity index (χ3v) is 8.76. The highest BCUT2D eigenvalue weighted by molar-refractivity contribution is 5.98. The van der Waals surface area contributed by atoms with Crippen molar-refractivity contribution in [2.24, 2.45) is 0 Å². The molecule has 0 heterocycles. The molecule has 8 rings (SSSR count). The maximum absolute atomic E-state index is 9.18. The molecule has 0 aliphatic heterocycles. The molecule has 0 radical (unpaired) electrons. The number of hydrogen-bond donors (Lipinski definition) is 1. The van der Waals surface area contributed by atoms with E-state index in [1.54, 1.807) is 0 Å². The maximum atomic E-state index is 9.18. The van der Waals surface area contributed by atoms with Crippen LogP contribution in [0.1, 0.15) is 11.1 Å². The van der Waals surface area contributed by atoms with Crippen molar-refractivity contribution in [3.05, 3.63) is 151 Å². The zero-order chi connectivity index (χ0) is 28.8. The van der Waals surface area contributed by atoms with Crippen LogP contribution in [0.5, 0.6) is 5.75 Å². The van der Waals surface area contributed by atoms with E-state index >= 15 is 0 Å². The SMILES string of the molecule is OCCOc1ccc(-c2ccc3c(c2-c2ccc4ccccc4c2)Cc2c(-c4ccc5ccccc5c4)cccc2-3)cc1. The van der Waals surface area contributed by atoms with E-state index in [0.717, 1.165) is 17.7 Å². The monoisotopic (exact) mass is 554 g/mol. The van der Waals surface area contributed by atoms with Gasteiger partial charge in [0.2, 0.25) is 0 Å². The average Bonchev–Trinajstić information content (AvgIpc) is 3.46. The fourth-order valence-electron chi connectivity index (χ4n) is 6.73.